The average molecular weight is 314 g/mol. The quantitative estimate of drug-likeness (QED) is 0.757. The first-order valence-corrected chi connectivity index (χ1v) is 7.13. The molecule has 0 fully saturated rings. The van der Waals surface area contributed by atoms with Gasteiger partial charge in [-0.2, -0.15) is 0 Å². The Kier molecular flexibility index (Phi) is 9.24. The summed E-state index contributed by atoms with van der Waals surface area (Å²) in [5.74, 6) is -1.21. The number of hydrogen-bond acceptors (Lipinski definition) is 6. The van der Waals surface area contributed by atoms with Crippen LogP contribution in [-0.4, -0.2) is 28.5 Å². The number of nitrogens with one attached hydrogen (secondary N) is 2. The first kappa shape index (κ1) is 19.6. The zero-order chi connectivity index (χ0) is 17.1. The predicted octanol–water partition coefficient (Wildman–Crippen LogP) is 1.04. The number of carbonyl (C=O) groups is 2. The summed E-state index contributed by atoms with van der Waals surface area (Å²) in [6.07, 6.45) is 0.352. The van der Waals surface area contributed by atoms with Crippen LogP contribution in [0.2, 0.25) is 0 Å². The minimum atomic E-state index is -0.755. The number of ether oxygens (including phenoxy) is 2. The van der Waals surface area contributed by atoms with Crippen LogP contribution in [0.1, 0.15) is 45.6 Å². The van der Waals surface area contributed by atoms with Gasteiger partial charge in [0.2, 0.25) is 5.88 Å². The van der Waals surface area contributed by atoms with Gasteiger partial charge in [-0.1, -0.05) is 13.8 Å². The van der Waals surface area contributed by atoms with Crippen LogP contribution >= 0.6 is 0 Å². The molecule has 1 rings (SSSR count). The normalized spacial score (nSPS) is 9.45. The van der Waals surface area contributed by atoms with E-state index in [9.17, 15) is 19.2 Å². The molecule has 0 aliphatic rings. The molecular formula is C14H22N2O6. The van der Waals surface area contributed by atoms with Crippen molar-refractivity contribution in [2.24, 2.45) is 0 Å². The van der Waals surface area contributed by atoms with Crippen LogP contribution in [0.15, 0.2) is 9.59 Å². The monoisotopic (exact) mass is 314 g/mol. The van der Waals surface area contributed by atoms with E-state index < -0.39 is 17.2 Å². The van der Waals surface area contributed by atoms with Crippen LogP contribution in [0.25, 0.3) is 0 Å². The zero-order valence-corrected chi connectivity index (χ0v) is 13.3. The maximum Gasteiger partial charge on any atom is 0.328 e. The molecule has 0 aromatic carbocycles. The van der Waals surface area contributed by atoms with Gasteiger partial charge in [0, 0.05) is 12.8 Å². The van der Waals surface area contributed by atoms with E-state index in [-0.39, 0.29) is 43.3 Å². The highest BCUT2D eigenvalue weighted by molar-refractivity contribution is 5.74. The highest BCUT2D eigenvalue weighted by Gasteiger charge is 2.12. The van der Waals surface area contributed by atoms with Crippen LogP contribution in [0.5, 0.6) is 5.88 Å². The second kappa shape index (κ2) is 10.4. The van der Waals surface area contributed by atoms with Crippen molar-refractivity contribution in [1.82, 2.24) is 9.97 Å². The zero-order valence-electron chi connectivity index (χ0n) is 13.3. The molecule has 0 saturated heterocycles. The van der Waals surface area contributed by atoms with Crippen LogP contribution < -0.4 is 16.0 Å². The molecule has 0 unspecified atom stereocenters. The van der Waals surface area contributed by atoms with Gasteiger partial charge < -0.3 is 9.47 Å². The van der Waals surface area contributed by atoms with Crippen molar-refractivity contribution in [3.8, 4) is 5.88 Å². The molecule has 0 aliphatic heterocycles. The summed E-state index contributed by atoms with van der Waals surface area (Å²) < 4.78 is 9.59. The van der Waals surface area contributed by atoms with Gasteiger partial charge in [-0.25, -0.2) is 4.79 Å². The van der Waals surface area contributed by atoms with Gasteiger partial charge in [0.1, 0.15) is 0 Å². The highest BCUT2D eigenvalue weighted by Crippen LogP contribution is 2.08. The third-order valence-electron chi connectivity index (χ3n) is 2.42. The third-order valence-corrected chi connectivity index (χ3v) is 2.42. The summed E-state index contributed by atoms with van der Waals surface area (Å²) in [7, 11) is 0. The number of aromatic amines is 2. The van der Waals surface area contributed by atoms with Crippen LogP contribution in [0, 0.1) is 6.92 Å². The number of H-pyrrole nitrogens is 2. The Balaban J connectivity index is 0.00000211. The van der Waals surface area contributed by atoms with Gasteiger partial charge in [-0.05, 0) is 20.3 Å². The minimum Gasteiger partial charge on any atom is -0.466 e. The van der Waals surface area contributed by atoms with Crippen molar-refractivity contribution in [2.45, 2.75) is 47.0 Å². The fourth-order valence-corrected chi connectivity index (χ4v) is 1.41. The number of rotatable bonds is 6. The summed E-state index contributed by atoms with van der Waals surface area (Å²) in [6, 6.07) is 0. The number of hydrogen-bond donors (Lipinski definition) is 2. The molecular weight excluding hydrogens is 292 g/mol. The Morgan fingerprint density at radius 3 is 2.23 bits per heavy atom. The molecule has 0 radical (unpaired) electrons. The van der Waals surface area contributed by atoms with E-state index in [0.717, 1.165) is 0 Å². The average Bonchev–Trinajstić information content (AvgIpc) is 2.46. The Morgan fingerprint density at radius 2 is 1.64 bits per heavy atom. The van der Waals surface area contributed by atoms with E-state index in [2.05, 4.69) is 4.98 Å². The molecule has 0 amide bonds. The molecule has 8 nitrogen and oxygen atoms in total. The second-order valence-electron chi connectivity index (χ2n) is 4.00. The fraction of sp³-hybridized carbons (Fsp3) is 0.571. The van der Waals surface area contributed by atoms with Gasteiger partial charge in [0.15, 0.2) is 0 Å². The second-order valence-corrected chi connectivity index (χ2v) is 4.00. The van der Waals surface area contributed by atoms with Crippen molar-refractivity contribution >= 4 is 11.9 Å². The van der Waals surface area contributed by atoms with Crippen LogP contribution in [-0.2, 0) is 14.3 Å². The molecule has 0 aliphatic carbocycles. The molecule has 0 saturated carbocycles. The largest absolute Gasteiger partial charge is 0.466 e. The molecule has 1 aromatic rings. The number of carbonyl (C=O) groups excluding carboxylic acids is 2. The van der Waals surface area contributed by atoms with Crippen molar-refractivity contribution in [2.75, 3.05) is 6.61 Å². The lowest BCUT2D eigenvalue weighted by molar-refractivity contribution is -0.143. The van der Waals surface area contributed by atoms with Crippen molar-refractivity contribution in [3.63, 3.8) is 0 Å². The first-order valence-electron chi connectivity index (χ1n) is 7.13. The summed E-state index contributed by atoms with van der Waals surface area (Å²) in [5.41, 5.74) is -1.28. The van der Waals surface area contributed by atoms with E-state index in [1.165, 1.54) is 6.92 Å². The van der Waals surface area contributed by atoms with Gasteiger partial charge in [0.05, 0.1) is 12.2 Å². The molecule has 8 heteroatoms. The summed E-state index contributed by atoms with van der Waals surface area (Å²) in [5, 5.41) is 0. The lowest BCUT2D eigenvalue weighted by Gasteiger charge is -2.05. The summed E-state index contributed by atoms with van der Waals surface area (Å²) >= 11 is 0. The van der Waals surface area contributed by atoms with E-state index in [1.807, 2.05) is 18.8 Å². The molecule has 0 atom stereocenters. The lowest BCUT2D eigenvalue weighted by Crippen LogP contribution is -2.26. The first-order chi connectivity index (χ1) is 10.4. The molecule has 2 N–H and O–H groups in total. The lowest BCUT2D eigenvalue weighted by atomic mass is 10.2. The smallest absolute Gasteiger partial charge is 0.328 e. The Labute approximate surface area is 127 Å². The van der Waals surface area contributed by atoms with Crippen molar-refractivity contribution in [3.05, 3.63) is 26.4 Å². The van der Waals surface area contributed by atoms with Crippen molar-refractivity contribution in [1.29, 1.82) is 0 Å². The molecule has 124 valence electrons. The maximum absolute atomic E-state index is 11.5. The van der Waals surface area contributed by atoms with Crippen LogP contribution in [0.4, 0.5) is 0 Å². The Hall–Kier alpha value is -2.38. The van der Waals surface area contributed by atoms with Gasteiger partial charge in [0.25, 0.3) is 5.56 Å². The van der Waals surface area contributed by atoms with E-state index in [4.69, 9.17) is 9.47 Å². The van der Waals surface area contributed by atoms with Crippen molar-refractivity contribution < 1.29 is 19.1 Å². The fourth-order valence-electron chi connectivity index (χ4n) is 1.41. The number of aromatic nitrogens is 2. The maximum atomic E-state index is 11.5. The third kappa shape index (κ3) is 6.87. The van der Waals surface area contributed by atoms with Crippen LogP contribution in [0.3, 0.4) is 0 Å². The Morgan fingerprint density at radius 1 is 1.05 bits per heavy atom. The van der Waals surface area contributed by atoms with E-state index in [1.54, 1.807) is 6.92 Å². The van der Waals surface area contributed by atoms with Gasteiger partial charge in [-0.3, -0.25) is 24.4 Å². The SMILES string of the molecule is CC.CCOC(=O)CCCC(=O)Oc1[nH]c(=O)[nH]c(=O)c1C. The minimum absolute atomic E-state index is 0.0208. The van der Waals surface area contributed by atoms with Gasteiger partial charge in [-0.15, -0.1) is 0 Å². The molecule has 1 heterocycles. The molecule has 0 spiro atoms. The highest BCUT2D eigenvalue weighted by atomic mass is 16.5. The van der Waals surface area contributed by atoms with E-state index >= 15 is 0 Å². The molecule has 1 aromatic heterocycles. The topological polar surface area (TPSA) is 118 Å². The molecule has 0 bridgehead atoms. The van der Waals surface area contributed by atoms with Gasteiger partial charge >= 0.3 is 17.6 Å². The summed E-state index contributed by atoms with van der Waals surface area (Å²) in [4.78, 5) is 49.1. The standard InChI is InChI=1S/C12H16N2O6.C2H6/c1-3-19-8(15)5-4-6-9(16)20-11-7(2)10(17)13-12(18)14-11;1-2/h3-6H2,1-2H3,(H2,13,14,17,18);1-2H3. The Bertz CT molecular complexity index is 602. The summed E-state index contributed by atoms with van der Waals surface area (Å²) in [6.45, 7) is 7.39. The number of esters is 2. The predicted molar refractivity (Wildman–Crippen MR) is 79.9 cm³/mol. The van der Waals surface area contributed by atoms with E-state index in [0.29, 0.717) is 0 Å². The molecule has 22 heavy (non-hydrogen) atoms.